The average molecular weight is 132 g/mol. The van der Waals surface area contributed by atoms with Crippen molar-refractivity contribution in [2.24, 2.45) is 0 Å². The first kappa shape index (κ1) is 6.82. The molecular formula is C9H8O. The lowest BCUT2D eigenvalue weighted by atomic mass is 10.3. The van der Waals surface area contributed by atoms with E-state index in [1.165, 1.54) is 0 Å². The molecule has 0 aliphatic rings. The van der Waals surface area contributed by atoms with E-state index in [1.54, 1.807) is 6.07 Å². The van der Waals surface area contributed by atoms with Crippen LogP contribution in [0.4, 0.5) is 0 Å². The molecule has 0 heterocycles. The summed E-state index contributed by atoms with van der Waals surface area (Å²) in [6.45, 7) is 3.78. The van der Waals surface area contributed by atoms with Crippen molar-refractivity contribution in [3.63, 3.8) is 0 Å². The zero-order valence-corrected chi connectivity index (χ0v) is 6.06. The molecule has 0 aliphatic heterocycles. The number of aryl methyl sites for hydroxylation is 2. The largest absolute Gasteiger partial charge is 0.280 e. The molecule has 0 fully saturated rings. The van der Waals surface area contributed by atoms with Crippen LogP contribution >= 0.6 is 0 Å². The van der Waals surface area contributed by atoms with Gasteiger partial charge in [0.1, 0.15) is 0 Å². The molecule has 0 unspecified atom stereocenters. The lowest BCUT2D eigenvalue weighted by molar-refractivity contribution is 1.43. The van der Waals surface area contributed by atoms with Crippen LogP contribution in [-0.2, 0) is 0 Å². The predicted molar refractivity (Wildman–Crippen MR) is 39.9 cm³/mol. The van der Waals surface area contributed by atoms with E-state index in [4.69, 9.17) is 0 Å². The van der Waals surface area contributed by atoms with Crippen molar-refractivity contribution < 1.29 is 0 Å². The molecule has 0 saturated carbocycles. The Morgan fingerprint density at radius 1 is 1.20 bits per heavy atom. The molecule has 0 aliphatic carbocycles. The Hall–Kier alpha value is -1.29. The SMILES string of the molecule is Cc1c#cc(=O)cc(C)c1. The van der Waals surface area contributed by atoms with Crippen LogP contribution in [0.1, 0.15) is 11.1 Å². The van der Waals surface area contributed by atoms with Crippen molar-refractivity contribution in [3.05, 3.63) is 45.6 Å². The Balaban J connectivity index is 3.42. The second-order valence-electron chi connectivity index (χ2n) is 2.33. The summed E-state index contributed by atoms with van der Waals surface area (Å²) in [6, 6.07) is 8.67. The first-order chi connectivity index (χ1) is 4.68. The molecule has 1 aromatic carbocycles. The minimum atomic E-state index is -0.106. The van der Waals surface area contributed by atoms with Gasteiger partial charge in [-0.05, 0) is 43.2 Å². The van der Waals surface area contributed by atoms with E-state index in [1.807, 2.05) is 19.9 Å². The van der Waals surface area contributed by atoms with Gasteiger partial charge in [-0.3, -0.25) is 4.79 Å². The molecule has 1 aromatic rings. The Morgan fingerprint density at radius 2 is 1.90 bits per heavy atom. The van der Waals surface area contributed by atoms with Gasteiger partial charge in [0.05, 0.1) is 0 Å². The Kier molecular flexibility index (Phi) is 1.73. The molecule has 1 rings (SSSR count). The van der Waals surface area contributed by atoms with Crippen LogP contribution in [0.25, 0.3) is 0 Å². The summed E-state index contributed by atoms with van der Waals surface area (Å²) in [5, 5.41) is 0. The fourth-order valence-electron chi connectivity index (χ4n) is 0.822. The summed E-state index contributed by atoms with van der Waals surface area (Å²) in [6.07, 6.45) is 0. The van der Waals surface area contributed by atoms with E-state index < -0.39 is 0 Å². The number of rotatable bonds is 0. The summed E-state index contributed by atoms with van der Waals surface area (Å²) in [7, 11) is 0. The molecule has 0 N–H and O–H groups in total. The second-order valence-corrected chi connectivity index (χ2v) is 2.33. The Morgan fingerprint density at radius 3 is 2.60 bits per heavy atom. The highest BCUT2D eigenvalue weighted by atomic mass is 16.1. The van der Waals surface area contributed by atoms with Gasteiger partial charge in [-0.1, -0.05) is 6.07 Å². The third-order valence-electron chi connectivity index (χ3n) is 1.19. The third-order valence-corrected chi connectivity index (χ3v) is 1.19. The van der Waals surface area contributed by atoms with Crippen molar-refractivity contribution in [1.29, 1.82) is 0 Å². The smallest absolute Gasteiger partial charge is 0.229 e. The third kappa shape index (κ3) is 1.60. The van der Waals surface area contributed by atoms with Gasteiger partial charge >= 0.3 is 0 Å². The van der Waals surface area contributed by atoms with Gasteiger partial charge in [0.25, 0.3) is 0 Å². The minimum absolute atomic E-state index is 0.106. The van der Waals surface area contributed by atoms with Crippen molar-refractivity contribution in [2.75, 3.05) is 0 Å². The van der Waals surface area contributed by atoms with Crippen LogP contribution in [0.15, 0.2) is 16.9 Å². The number of hydrogen-bond donors (Lipinski definition) is 0. The van der Waals surface area contributed by atoms with Crippen LogP contribution < -0.4 is 5.43 Å². The van der Waals surface area contributed by atoms with Crippen molar-refractivity contribution in [3.8, 4) is 0 Å². The maximum absolute atomic E-state index is 10.8. The molecule has 10 heavy (non-hydrogen) atoms. The van der Waals surface area contributed by atoms with Crippen LogP contribution in [0, 0.1) is 26.0 Å². The van der Waals surface area contributed by atoms with E-state index in [2.05, 4.69) is 12.1 Å². The van der Waals surface area contributed by atoms with E-state index in [-0.39, 0.29) is 5.43 Å². The van der Waals surface area contributed by atoms with Gasteiger partial charge in [0.2, 0.25) is 5.43 Å². The normalized spacial score (nSPS) is 8.60. The maximum Gasteiger partial charge on any atom is 0.229 e. The fraction of sp³-hybridized carbons (Fsp3) is 0.222. The predicted octanol–water partition coefficient (Wildman–Crippen LogP) is 1.26. The molecule has 1 heteroatoms. The fourth-order valence-corrected chi connectivity index (χ4v) is 0.822. The molecule has 1 nitrogen and oxygen atoms in total. The van der Waals surface area contributed by atoms with Crippen LogP contribution in [0.2, 0.25) is 0 Å². The van der Waals surface area contributed by atoms with Gasteiger partial charge in [-0.25, -0.2) is 0 Å². The first-order valence-electron chi connectivity index (χ1n) is 3.11. The number of hydrogen-bond acceptors (Lipinski definition) is 1. The molecular weight excluding hydrogens is 124 g/mol. The topological polar surface area (TPSA) is 17.1 Å². The highest BCUT2D eigenvalue weighted by molar-refractivity contribution is 5.14. The molecule has 0 radical (unpaired) electrons. The summed E-state index contributed by atoms with van der Waals surface area (Å²) in [5.74, 6) is 0. The van der Waals surface area contributed by atoms with Crippen LogP contribution in [0.5, 0.6) is 0 Å². The highest BCUT2D eigenvalue weighted by Crippen LogP contribution is 1.92. The monoisotopic (exact) mass is 132 g/mol. The van der Waals surface area contributed by atoms with Gasteiger partial charge in [-0.15, -0.1) is 0 Å². The molecule has 0 bridgehead atoms. The molecule has 0 spiro atoms. The van der Waals surface area contributed by atoms with E-state index in [9.17, 15) is 4.79 Å². The van der Waals surface area contributed by atoms with Gasteiger partial charge in [0.15, 0.2) is 0 Å². The van der Waals surface area contributed by atoms with Crippen molar-refractivity contribution >= 4 is 0 Å². The Bertz CT molecular complexity index is 289. The van der Waals surface area contributed by atoms with Gasteiger partial charge in [0, 0.05) is 0 Å². The summed E-state index contributed by atoms with van der Waals surface area (Å²) in [4.78, 5) is 10.8. The molecule has 50 valence electrons. The lowest BCUT2D eigenvalue weighted by Crippen LogP contribution is -1.88. The second kappa shape index (κ2) is 2.53. The van der Waals surface area contributed by atoms with E-state index >= 15 is 0 Å². The summed E-state index contributed by atoms with van der Waals surface area (Å²) >= 11 is 0. The van der Waals surface area contributed by atoms with E-state index in [0.717, 1.165) is 11.1 Å². The highest BCUT2D eigenvalue weighted by Gasteiger charge is 1.82. The Labute approximate surface area is 60.3 Å². The van der Waals surface area contributed by atoms with E-state index in [0.29, 0.717) is 0 Å². The average Bonchev–Trinajstić information content (AvgIpc) is 1.93. The van der Waals surface area contributed by atoms with Crippen LogP contribution in [-0.4, -0.2) is 0 Å². The van der Waals surface area contributed by atoms with Crippen molar-refractivity contribution in [1.82, 2.24) is 0 Å². The standard InChI is InChI=1S/C9H8O/c1-7-3-4-9(10)6-8(2)5-7/h5-6H,1-2H3. The maximum atomic E-state index is 10.8. The first-order valence-corrected chi connectivity index (χ1v) is 3.11. The zero-order valence-electron chi connectivity index (χ0n) is 6.06. The molecule has 0 saturated heterocycles. The minimum Gasteiger partial charge on any atom is -0.280 e. The van der Waals surface area contributed by atoms with Gasteiger partial charge < -0.3 is 0 Å². The molecule has 0 amide bonds. The zero-order chi connectivity index (χ0) is 7.56. The lowest BCUT2D eigenvalue weighted by Gasteiger charge is -1.79. The summed E-state index contributed by atoms with van der Waals surface area (Å²) in [5.41, 5.74) is 1.80. The van der Waals surface area contributed by atoms with Gasteiger partial charge in [-0.2, -0.15) is 0 Å². The van der Waals surface area contributed by atoms with Crippen molar-refractivity contribution in [2.45, 2.75) is 13.8 Å². The quantitative estimate of drug-likeness (QED) is 0.519. The molecule has 0 atom stereocenters. The van der Waals surface area contributed by atoms with Crippen LogP contribution in [0.3, 0.4) is 0 Å². The summed E-state index contributed by atoms with van der Waals surface area (Å²) < 4.78 is 0. The molecule has 0 aromatic heterocycles.